The van der Waals surface area contributed by atoms with Gasteiger partial charge >= 0.3 is 0 Å². The fourth-order valence-electron chi connectivity index (χ4n) is 2.57. The maximum Gasteiger partial charge on any atom is 0.109 e. The first kappa shape index (κ1) is 18.7. The van der Waals surface area contributed by atoms with Crippen molar-refractivity contribution in [3.63, 3.8) is 0 Å². The molecule has 1 heterocycles. The van der Waals surface area contributed by atoms with Crippen molar-refractivity contribution in [3.8, 4) is 0 Å². The number of nitrogens with one attached hydrogen (secondary N) is 1. The van der Waals surface area contributed by atoms with Crippen LogP contribution in [0.5, 0.6) is 0 Å². The predicted molar refractivity (Wildman–Crippen MR) is 83.6 cm³/mol. The van der Waals surface area contributed by atoms with E-state index >= 15 is 0 Å². The number of alkyl halides is 1. The standard InChI is InChI=1S/C14H21FN2.2ClH/c1-11-3-4-13(12(2)9-11)14(10-15)17-7-5-16-6-8-17;;/h3-4,9,14,16H,5-8,10H2,1-2H3;2*1H/t14-;;/m1../s1. The summed E-state index contributed by atoms with van der Waals surface area (Å²) in [5, 5.41) is 3.30. The van der Waals surface area contributed by atoms with Gasteiger partial charge in [-0.2, -0.15) is 0 Å². The lowest BCUT2D eigenvalue weighted by Gasteiger charge is -2.34. The van der Waals surface area contributed by atoms with Gasteiger partial charge in [0.25, 0.3) is 0 Å². The molecule has 0 aromatic heterocycles. The lowest BCUT2D eigenvalue weighted by atomic mass is 9.98. The highest BCUT2D eigenvalue weighted by molar-refractivity contribution is 5.85. The van der Waals surface area contributed by atoms with Crippen molar-refractivity contribution < 1.29 is 4.39 Å². The van der Waals surface area contributed by atoms with Gasteiger partial charge in [-0.25, -0.2) is 4.39 Å². The molecule has 1 saturated heterocycles. The van der Waals surface area contributed by atoms with E-state index in [1.807, 2.05) is 0 Å². The predicted octanol–water partition coefficient (Wildman–Crippen LogP) is 3.06. The molecule has 0 radical (unpaired) electrons. The Labute approximate surface area is 127 Å². The van der Waals surface area contributed by atoms with Crippen LogP contribution in [0.3, 0.4) is 0 Å². The smallest absolute Gasteiger partial charge is 0.109 e. The van der Waals surface area contributed by atoms with Crippen LogP contribution in [0, 0.1) is 13.8 Å². The minimum absolute atomic E-state index is 0. The number of halogens is 3. The summed E-state index contributed by atoms with van der Waals surface area (Å²) in [6.07, 6.45) is 0. The molecule has 1 aromatic carbocycles. The molecular formula is C14H23Cl2FN2. The van der Waals surface area contributed by atoms with Crippen molar-refractivity contribution in [2.24, 2.45) is 0 Å². The van der Waals surface area contributed by atoms with Crippen molar-refractivity contribution >= 4 is 24.8 Å². The van der Waals surface area contributed by atoms with Crippen molar-refractivity contribution in [2.45, 2.75) is 19.9 Å². The summed E-state index contributed by atoms with van der Waals surface area (Å²) in [5.74, 6) is 0. The molecular weight excluding hydrogens is 286 g/mol. The number of hydrogen-bond acceptors (Lipinski definition) is 2. The summed E-state index contributed by atoms with van der Waals surface area (Å²) >= 11 is 0. The molecule has 110 valence electrons. The normalized spacial score (nSPS) is 17.2. The summed E-state index contributed by atoms with van der Waals surface area (Å²) in [4.78, 5) is 2.24. The lowest BCUT2D eigenvalue weighted by molar-refractivity contribution is 0.147. The number of rotatable bonds is 3. The quantitative estimate of drug-likeness (QED) is 0.923. The molecule has 0 amide bonds. The van der Waals surface area contributed by atoms with Gasteiger partial charge in [-0.15, -0.1) is 24.8 Å². The van der Waals surface area contributed by atoms with E-state index in [0.717, 1.165) is 31.7 Å². The molecule has 2 nitrogen and oxygen atoms in total. The topological polar surface area (TPSA) is 15.3 Å². The molecule has 1 fully saturated rings. The first-order chi connectivity index (χ1) is 8.22. The van der Waals surface area contributed by atoms with Crippen LogP contribution in [0.25, 0.3) is 0 Å². The van der Waals surface area contributed by atoms with Gasteiger partial charge in [0.05, 0.1) is 6.04 Å². The molecule has 1 N–H and O–H groups in total. The number of piperazine rings is 1. The molecule has 0 spiro atoms. The Morgan fingerprint density at radius 3 is 2.37 bits per heavy atom. The Bertz CT molecular complexity index is 382. The first-order valence-electron chi connectivity index (χ1n) is 6.30. The van der Waals surface area contributed by atoms with Gasteiger partial charge in [0.2, 0.25) is 0 Å². The van der Waals surface area contributed by atoms with Gasteiger partial charge in [0.1, 0.15) is 6.67 Å². The Morgan fingerprint density at radius 1 is 1.21 bits per heavy atom. The van der Waals surface area contributed by atoms with Gasteiger partial charge < -0.3 is 5.32 Å². The second-order valence-corrected chi connectivity index (χ2v) is 4.82. The van der Waals surface area contributed by atoms with E-state index in [2.05, 4.69) is 42.3 Å². The minimum Gasteiger partial charge on any atom is -0.314 e. The van der Waals surface area contributed by atoms with E-state index in [0.29, 0.717) is 0 Å². The fourth-order valence-corrected chi connectivity index (χ4v) is 2.57. The van der Waals surface area contributed by atoms with E-state index in [-0.39, 0.29) is 37.5 Å². The van der Waals surface area contributed by atoms with Gasteiger partial charge in [0, 0.05) is 26.2 Å². The number of aryl methyl sites for hydroxylation is 2. The van der Waals surface area contributed by atoms with Crippen LogP contribution in [-0.4, -0.2) is 37.8 Å². The zero-order valence-corrected chi connectivity index (χ0v) is 13.1. The van der Waals surface area contributed by atoms with Crippen LogP contribution in [0.2, 0.25) is 0 Å². The highest BCUT2D eigenvalue weighted by Crippen LogP contribution is 2.25. The Morgan fingerprint density at radius 2 is 1.84 bits per heavy atom. The third kappa shape index (κ3) is 4.60. The average molecular weight is 309 g/mol. The Balaban J connectivity index is 0.00000162. The molecule has 19 heavy (non-hydrogen) atoms. The highest BCUT2D eigenvalue weighted by atomic mass is 35.5. The van der Waals surface area contributed by atoms with E-state index in [9.17, 15) is 4.39 Å². The fraction of sp³-hybridized carbons (Fsp3) is 0.571. The van der Waals surface area contributed by atoms with Crippen LogP contribution in [-0.2, 0) is 0 Å². The van der Waals surface area contributed by atoms with Gasteiger partial charge in [-0.3, -0.25) is 4.90 Å². The van der Waals surface area contributed by atoms with Crippen LogP contribution < -0.4 is 5.32 Å². The summed E-state index contributed by atoms with van der Waals surface area (Å²) < 4.78 is 13.3. The van der Waals surface area contributed by atoms with Crippen LogP contribution in [0.15, 0.2) is 18.2 Å². The maximum absolute atomic E-state index is 13.3. The molecule has 1 aromatic rings. The third-order valence-corrected chi connectivity index (χ3v) is 3.52. The van der Waals surface area contributed by atoms with Crippen LogP contribution >= 0.6 is 24.8 Å². The highest BCUT2D eigenvalue weighted by Gasteiger charge is 2.23. The number of hydrogen-bond donors (Lipinski definition) is 1. The second kappa shape index (κ2) is 8.75. The SMILES string of the molecule is Cc1ccc([C@@H](CF)N2CCNCC2)c(C)c1.Cl.Cl. The average Bonchev–Trinajstić information content (AvgIpc) is 2.34. The molecule has 2 rings (SSSR count). The van der Waals surface area contributed by atoms with Gasteiger partial charge in [-0.1, -0.05) is 23.8 Å². The molecule has 0 aliphatic carbocycles. The molecule has 1 aliphatic heterocycles. The Kier molecular flexibility index (Phi) is 8.59. The van der Waals surface area contributed by atoms with Crippen molar-refractivity contribution in [1.29, 1.82) is 0 Å². The Hall–Kier alpha value is -0.350. The zero-order chi connectivity index (χ0) is 12.3. The second-order valence-electron chi connectivity index (χ2n) is 4.82. The molecule has 5 heteroatoms. The van der Waals surface area contributed by atoms with Crippen molar-refractivity contribution in [2.75, 3.05) is 32.9 Å². The number of nitrogens with zero attached hydrogens (tertiary/aromatic N) is 1. The molecule has 1 aliphatic rings. The van der Waals surface area contributed by atoms with E-state index in [4.69, 9.17) is 0 Å². The third-order valence-electron chi connectivity index (χ3n) is 3.52. The lowest BCUT2D eigenvalue weighted by Crippen LogP contribution is -2.45. The first-order valence-corrected chi connectivity index (χ1v) is 6.30. The van der Waals surface area contributed by atoms with E-state index in [1.165, 1.54) is 11.1 Å². The summed E-state index contributed by atoms with van der Waals surface area (Å²) in [5.41, 5.74) is 3.58. The molecule has 0 bridgehead atoms. The zero-order valence-electron chi connectivity index (χ0n) is 11.5. The number of benzene rings is 1. The molecule has 0 saturated carbocycles. The van der Waals surface area contributed by atoms with Gasteiger partial charge in [-0.05, 0) is 25.0 Å². The van der Waals surface area contributed by atoms with Crippen LogP contribution in [0.1, 0.15) is 22.7 Å². The minimum atomic E-state index is -0.302. The summed E-state index contributed by atoms with van der Waals surface area (Å²) in [6.45, 7) is 7.63. The maximum atomic E-state index is 13.3. The summed E-state index contributed by atoms with van der Waals surface area (Å²) in [6, 6.07) is 6.22. The van der Waals surface area contributed by atoms with Crippen LogP contribution in [0.4, 0.5) is 4.39 Å². The monoisotopic (exact) mass is 308 g/mol. The van der Waals surface area contributed by atoms with E-state index < -0.39 is 0 Å². The van der Waals surface area contributed by atoms with Crippen molar-refractivity contribution in [1.82, 2.24) is 10.2 Å². The van der Waals surface area contributed by atoms with Gasteiger partial charge in [0.15, 0.2) is 0 Å². The largest absolute Gasteiger partial charge is 0.314 e. The molecule has 1 atom stereocenters. The van der Waals surface area contributed by atoms with Crippen molar-refractivity contribution in [3.05, 3.63) is 34.9 Å². The summed E-state index contributed by atoms with van der Waals surface area (Å²) in [7, 11) is 0. The van der Waals surface area contributed by atoms with E-state index in [1.54, 1.807) is 0 Å². The molecule has 0 unspecified atom stereocenters.